The van der Waals surface area contributed by atoms with Crippen LogP contribution in [0.1, 0.15) is 39.9 Å². The van der Waals surface area contributed by atoms with Gasteiger partial charge in [-0.05, 0) is 53.4 Å². The van der Waals surface area contributed by atoms with Crippen molar-refractivity contribution >= 4 is 11.8 Å². The maximum Gasteiger partial charge on any atom is 0.416 e. The summed E-state index contributed by atoms with van der Waals surface area (Å²) in [5, 5.41) is 0.393. The van der Waals surface area contributed by atoms with Crippen LogP contribution in [0.15, 0.2) is 82.6 Å². The van der Waals surface area contributed by atoms with Gasteiger partial charge in [0.1, 0.15) is 11.6 Å². The molecule has 4 aromatic rings. The highest BCUT2D eigenvalue weighted by atomic mass is 32.2. The highest BCUT2D eigenvalue weighted by molar-refractivity contribution is 7.99. The van der Waals surface area contributed by atoms with Gasteiger partial charge >= 0.3 is 12.8 Å². The molecule has 2 N–H and O–H groups in total. The van der Waals surface area contributed by atoms with E-state index in [1.165, 1.54) is 40.6 Å². The van der Waals surface area contributed by atoms with E-state index in [2.05, 4.69) is 4.74 Å². The van der Waals surface area contributed by atoms with Gasteiger partial charge in [-0.2, -0.15) is 22.0 Å². The maximum atomic E-state index is 15.0. The van der Waals surface area contributed by atoms with Gasteiger partial charge in [-0.1, -0.05) is 48.5 Å². The van der Waals surface area contributed by atoms with Gasteiger partial charge in [0.25, 0.3) is 5.56 Å². The molecule has 3 aromatic carbocycles. The summed E-state index contributed by atoms with van der Waals surface area (Å²) in [6.07, 6.45) is -5.27. The van der Waals surface area contributed by atoms with Gasteiger partial charge < -0.3 is 10.5 Å². The van der Waals surface area contributed by atoms with Gasteiger partial charge in [0.2, 0.25) is 0 Å². The van der Waals surface area contributed by atoms with E-state index < -0.39 is 53.8 Å². The standard InChI is InChI=1S/C30H24F6N2O2S/c1-16-20(14-21-22(30(34,35)36)11-6-12-23(21)31)28-38(24(15-41-28)26(37)17-7-3-2-4-8-17)27(39)25(16)18-9-5-10-19(13-18)40-29(32)33/h2-13,24,26,29H,14-15,37H2,1H3/t24-,26?/m0/s1. The molecule has 41 heavy (non-hydrogen) atoms. The van der Waals surface area contributed by atoms with Crippen LogP contribution in [0, 0.1) is 12.7 Å². The first-order chi connectivity index (χ1) is 19.5. The Balaban J connectivity index is 1.75. The minimum absolute atomic E-state index is 0.0844. The highest BCUT2D eigenvalue weighted by Crippen LogP contribution is 2.44. The number of rotatable bonds is 7. The summed E-state index contributed by atoms with van der Waals surface area (Å²) in [6.45, 7) is -1.54. The number of ether oxygens (including phenoxy) is 1. The van der Waals surface area contributed by atoms with E-state index in [1.807, 2.05) is 18.2 Å². The van der Waals surface area contributed by atoms with Crippen LogP contribution in [0.25, 0.3) is 11.1 Å². The number of aromatic nitrogens is 1. The molecule has 0 fully saturated rings. The van der Waals surface area contributed by atoms with E-state index in [9.17, 15) is 31.1 Å². The second kappa shape index (κ2) is 11.3. The lowest BCUT2D eigenvalue weighted by molar-refractivity contribution is -0.138. The fourth-order valence-electron chi connectivity index (χ4n) is 5.24. The molecular formula is C30H24F6N2O2S. The molecule has 2 atom stereocenters. The summed E-state index contributed by atoms with van der Waals surface area (Å²) in [5.74, 6) is -0.874. The Hall–Kier alpha value is -3.70. The fourth-order valence-corrected chi connectivity index (χ4v) is 6.69. The number of hydrogen-bond donors (Lipinski definition) is 1. The average Bonchev–Trinajstić information content (AvgIpc) is 3.36. The minimum atomic E-state index is -4.81. The highest BCUT2D eigenvalue weighted by Gasteiger charge is 2.37. The predicted octanol–water partition coefficient (Wildman–Crippen LogP) is 7.52. The van der Waals surface area contributed by atoms with Crippen LogP contribution in [-0.4, -0.2) is 16.9 Å². The second-order valence-corrected chi connectivity index (χ2v) is 10.6. The van der Waals surface area contributed by atoms with Gasteiger partial charge in [-0.15, -0.1) is 11.8 Å². The Morgan fingerprint density at radius 1 is 1.02 bits per heavy atom. The quantitative estimate of drug-likeness (QED) is 0.226. The third-order valence-electron chi connectivity index (χ3n) is 7.18. The van der Waals surface area contributed by atoms with E-state index in [0.717, 1.165) is 23.8 Å². The van der Waals surface area contributed by atoms with Crippen molar-refractivity contribution < 1.29 is 31.1 Å². The number of nitrogens with two attached hydrogens (primary N) is 1. The first kappa shape index (κ1) is 28.8. The third kappa shape index (κ3) is 5.60. The molecule has 4 nitrogen and oxygen atoms in total. The molecule has 0 bridgehead atoms. The summed E-state index contributed by atoms with van der Waals surface area (Å²) >= 11 is 1.26. The number of benzene rings is 3. The zero-order valence-electron chi connectivity index (χ0n) is 21.6. The molecule has 0 spiro atoms. The largest absolute Gasteiger partial charge is 0.435 e. The van der Waals surface area contributed by atoms with Crippen LogP contribution >= 0.6 is 11.8 Å². The van der Waals surface area contributed by atoms with E-state index in [-0.39, 0.29) is 16.9 Å². The maximum absolute atomic E-state index is 15.0. The number of thioether (sulfide) groups is 1. The predicted molar refractivity (Wildman–Crippen MR) is 145 cm³/mol. The van der Waals surface area contributed by atoms with Crippen LogP contribution in [0.4, 0.5) is 26.3 Å². The molecular weight excluding hydrogens is 566 g/mol. The van der Waals surface area contributed by atoms with Crippen molar-refractivity contribution in [3.8, 4) is 16.9 Å². The van der Waals surface area contributed by atoms with E-state index in [1.54, 1.807) is 19.1 Å². The first-order valence-electron chi connectivity index (χ1n) is 12.6. The first-order valence-corrected chi connectivity index (χ1v) is 13.6. The Kier molecular flexibility index (Phi) is 7.93. The van der Waals surface area contributed by atoms with Gasteiger partial charge in [0.05, 0.1) is 28.2 Å². The Morgan fingerprint density at radius 2 is 1.73 bits per heavy atom. The topological polar surface area (TPSA) is 57.2 Å². The zero-order chi connectivity index (χ0) is 29.5. The van der Waals surface area contributed by atoms with Crippen molar-refractivity contribution in [1.29, 1.82) is 0 Å². The third-order valence-corrected chi connectivity index (χ3v) is 8.41. The van der Waals surface area contributed by atoms with E-state index in [0.29, 0.717) is 21.9 Å². The molecule has 11 heteroatoms. The summed E-state index contributed by atoms with van der Waals surface area (Å²) in [4.78, 5) is 14.1. The molecule has 1 unspecified atom stereocenters. The van der Waals surface area contributed by atoms with Crippen LogP contribution < -0.4 is 16.0 Å². The Bertz CT molecular complexity index is 1640. The van der Waals surface area contributed by atoms with E-state index >= 15 is 0 Å². The molecule has 0 amide bonds. The lowest BCUT2D eigenvalue weighted by atomic mass is 9.92. The van der Waals surface area contributed by atoms with Gasteiger partial charge in [-0.25, -0.2) is 4.39 Å². The summed E-state index contributed by atoms with van der Waals surface area (Å²) < 4.78 is 88.5. The number of halogens is 6. The lowest BCUT2D eigenvalue weighted by Gasteiger charge is -2.25. The van der Waals surface area contributed by atoms with Crippen molar-refractivity contribution in [2.45, 2.75) is 43.2 Å². The molecule has 1 aromatic heterocycles. The number of nitrogens with zero attached hydrogens (tertiary/aromatic N) is 1. The molecule has 214 valence electrons. The number of alkyl halides is 5. The van der Waals surface area contributed by atoms with Crippen LogP contribution in [0.2, 0.25) is 0 Å². The molecule has 0 aliphatic carbocycles. The van der Waals surface area contributed by atoms with Crippen molar-refractivity contribution in [2.75, 3.05) is 5.75 Å². The fraction of sp³-hybridized carbons (Fsp3) is 0.233. The average molecular weight is 591 g/mol. The molecule has 1 aliphatic heterocycles. The van der Waals surface area contributed by atoms with Crippen LogP contribution in [0.3, 0.4) is 0 Å². The molecule has 0 saturated heterocycles. The minimum Gasteiger partial charge on any atom is -0.435 e. The second-order valence-electron chi connectivity index (χ2n) is 9.62. The van der Waals surface area contributed by atoms with Gasteiger partial charge in [0, 0.05) is 17.7 Å². The lowest BCUT2D eigenvalue weighted by Crippen LogP contribution is -2.33. The van der Waals surface area contributed by atoms with Gasteiger partial charge in [-0.3, -0.25) is 9.36 Å². The van der Waals surface area contributed by atoms with Crippen molar-refractivity contribution in [3.63, 3.8) is 0 Å². The smallest absolute Gasteiger partial charge is 0.416 e. The summed E-state index contributed by atoms with van der Waals surface area (Å²) in [6, 6.07) is 16.1. The molecule has 0 radical (unpaired) electrons. The van der Waals surface area contributed by atoms with Crippen LogP contribution in [0.5, 0.6) is 5.75 Å². The van der Waals surface area contributed by atoms with Gasteiger partial charge in [0.15, 0.2) is 0 Å². The van der Waals surface area contributed by atoms with E-state index in [4.69, 9.17) is 5.73 Å². The SMILES string of the molecule is Cc1c(Cc2c(F)cccc2C(F)(F)F)c2n(c(=O)c1-c1cccc(OC(F)F)c1)[C@H](C(N)c1ccccc1)CS2. The van der Waals surface area contributed by atoms with Crippen molar-refractivity contribution in [1.82, 2.24) is 4.57 Å². The Morgan fingerprint density at radius 3 is 2.41 bits per heavy atom. The summed E-state index contributed by atoms with van der Waals surface area (Å²) in [7, 11) is 0. The summed E-state index contributed by atoms with van der Waals surface area (Å²) in [5.41, 5.74) is 6.16. The zero-order valence-corrected chi connectivity index (χ0v) is 22.4. The molecule has 0 saturated carbocycles. The number of hydrogen-bond acceptors (Lipinski definition) is 4. The number of pyridine rings is 1. The van der Waals surface area contributed by atoms with Crippen LogP contribution in [-0.2, 0) is 12.6 Å². The monoisotopic (exact) mass is 590 g/mol. The molecule has 1 aliphatic rings. The molecule has 5 rings (SSSR count). The number of fused-ring (bicyclic) bond motifs is 1. The normalized spacial score (nSPS) is 15.7. The van der Waals surface area contributed by atoms with Crippen molar-refractivity contribution in [2.24, 2.45) is 5.73 Å². The van der Waals surface area contributed by atoms with Crippen molar-refractivity contribution in [3.05, 3.63) is 117 Å². The Labute approximate surface area is 235 Å². The molecule has 2 heterocycles.